The molecular formula is C29H41N3O3. The molecule has 2 aromatic carbocycles. The number of aryl methyl sites for hydroxylation is 2. The quantitative estimate of drug-likeness (QED) is 0.335. The Hall–Kier alpha value is -2.67. The van der Waals surface area contributed by atoms with Gasteiger partial charge >= 0.3 is 0 Å². The van der Waals surface area contributed by atoms with Crippen LogP contribution in [0.15, 0.2) is 54.6 Å². The number of aliphatic hydroxyl groups excluding tert-OH is 1. The first-order valence-electron chi connectivity index (χ1n) is 12.6. The Balaban J connectivity index is 1.93. The van der Waals surface area contributed by atoms with Gasteiger partial charge in [-0.15, -0.1) is 0 Å². The van der Waals surface area contributed by atoms with Crippen molar-refractivity contribution in [3.63, 3.8) is 0 Å². The average molecular weight is 480 g/mol. The van der Waals surface area contributed by atoms with Gasteiger partial charge in [0.2, 0.25) is 5.88 Å². The van der Waals surface area contributed by atoms with E-state index in [1.165, 1.54) is 5.56 Å². The molecule has 0 fully saturated rings. The lowest BCUT2D eigenvalue weighted by molar-refractivity contribution is 0.0000410. The van der Waals surface area contributed by atoms with E-state index in [0.29, 0.717) is 38.1 Å². The second-order valence-electron chi connectivity index (χ2n) is 9.81. The van der Waals surface area contributed by atoms with Gasteiger partial charge in [0.1, 0.15) is 11.4 Å². The Morgan fingerprint density at radius 3 is 2.31 bits per heavy atom. The summed E-state index contributed by atoms with van der Waals surface area (Å²) in [6.07, 6.45) is 0.398. The maximum Gasteiger partial charge on any atom is 0.222 e. The zero-order chi connectivity index (χ0) is 25.4. The predicted molar refractivity (Wildman–Crippen MR) is 142 cm³/mol. The number of nitrogens with zero attached hydrogens (tertiary/aromatic N) is 3. The van der Waals surface area contributed by atoms with E-state index in [-0.39, 0.29) is 6.04 Å². The zero-order valence-corrected chi connectivity index (χ0v) is 22.1. The number of rotatable bonds is 13. The molecule has 0 radical (unpaired) electrons. The molecule has 3 aromatic rings. The van der Waals surface area contributed by atoms with Gasteiger partial charge in [-0.1, -0.05) is 68.8 Å². The van der Waals surface area contributed by atoms with Gasteiger partial charge in [-0.25, -0.2) is 4.68 Å². The second kappa shape index (κ2) is 12.9. The Kier molecular flexibility index (Phi) is 9.90. The van der Waals surface area contributed by atoms with Crippen LogP contribution >= 0.6 is 0 Å². The number of ether oxygens (including phenoxy) is 2. The molecule has 0 amide bonds. The van der Waals surface area contributed by atoms with E-state index in [2.05, 4.69) is 51.7 Å². The van der Waals surface area contributed by atoms with Gasteiger partial charge in [-0.05, 0) is 38.3 Å². The predicted octanol–water partition coefficient (Wildman–Crippen LogP) is 5.82. The molecule has 0 aliphatic carbocycles. The van der Waals surface area contributed by atoms with Crippen molar-refractivity contribution in [1.29, 1.82) is 0 Å². The summed E-state index contributed by atoms with van der Waals surface area (Å²) in [4.78, 5) is 2.30. The lowest BCUT2D eigenvalue weighted by Crippen LogP contribution is -2.40. The largest absolute Gasteiger partial charge is 0.439 e. The normalized spacial score (nSPS) is 13.4. The van der Waals surface area contributed by atoms with Crippen molar-refractivity contribution in [2.24, 2.45) is 13.0 Å². The van der Waals surface area contributed by atoms with E-state index >= 15 is 0 Å². The smallest absolute Gasteiger partial charge is 0.222 e. The van der Waals surface area contributed by atoms with E-state index < -0.39 is 6.10 Å². The Morgan fingerprint density at radius 1 is 1.00 bits per heavy atom. The van der Waals surface area contributed by atoms with Crippen molar-refractivity contribution < 1.29 is 14.6 Å². The van der Waals surface area contributed by atoms with Crippen molar-refractivity contribution in [2.45, 2.75) is 59.7 Å². The van der Waals surface area contributed by atoms with Crippen LogP contribution in [0.4, 0.5) is 0 Å². The van der Waals surface area contributed by atoms with Crippen LogP contribution in [0.5, 0.6) is 11.6 Å². The fraction of sp³-hybridized carbons (Fsp3) is 0.483. The molecule has 1 heterocycles. The van der Waals surface area contributed by atoms with Gasteiger partial charge in [0.05, 0.1) is 18.3 Å². The lowest BCUT2D eigenvalue weighted by atomic mass is 10.1. The van der Waals surface area contributed by atoms with Crippen LogP contribution in [-0.2, 0) is 18.3 Å². The van der Waals surface area contributed by atoms with Crippen LogP contribution in [-0.4, -0.2) is 51.7 Å². The summed E-state index contributed by atoms with van der Waals surface area (Å²) < 4.78 is 13.9. The highest BCUT2D eigenvalue weighted by Gasteiger charge is 2.25. The van der Waals surface area contributed by atoms with Crippen molar-refractivity contribution in [3.8, 4) is 22.9 Å². The summed E-state index contributed by atoms with van der Waals surface area (Å²) in [5.41, 5.74) is 4.13. The lowest BCUT2D eigenvalue weighted by Gasteiger charge is -2.30. The van der Waals surface area contributed by atoms with Crippen molar-refractivity contribution >= 4 is 0 Å². The monoisotopic (exact) mass is 479 g/mol. The third-order valence-electron chi connectivity index (χ3n) is 6.15. The van der Waals surface area contributed by atoms with Gasteiger partial charge < -0.3 is 14.6 Å². The molecule has 190 valence electrons. The van der Waals surface area contributed by atoms with Crippen molar-refractivity contribution in [2.75, 3.05) is 19.8 Å². The molecule has 1 aromatic heterocycles. The number of aromatic nitrogens is 2. The van der Waals surface area contributed by atoms with E-state index in [1.54, 1.807) is 0 Å². The maximum absolute atomic E-state index is 10.8. The first kappa shape index (κ1) is 26.9. The Morgan fingerprint density at radius 2 is 1.69 bits per heavy atom. The summed E-state index contributed by atoms with van der Waals surface area (Å²) in [5.74, 6) is 1.93. The molecule has 6 nitrogen and oxygen atoms in total. The fourth-order valence-electron chi connectivity index (χ4n) is 3.99. The van der Waals surface area contributed by atoms with E-state index in [0.717, 1.165) is 29.0 Å². The summed E-state index contributed by atoms with van der Waals surface area (Å²) in [6, 6.07) is 18.5. The molecule has 0 aliphatic heterocycles. The topological polar surface area (TPSA) is 59.8 Å². The van der Waals surface area contributed by atoms with E-state index in [4.69, 9.17) is 14.6 Å². The highest BCUT2D eigenvalue weighted by atomic mass is 16.5. The van der Waals surface area contributed by atoms with Crippen LogP contribution in [0, 0.1) is 12.8 Å². The summed E-state index contributed by atoms with van der Waals surface area (Å²) in [5, 5.41) is 15.6. The zero-order valence-electron chi connectivity index (χ0n) is 22.1. The molecular weight excluding hydrogens is 438 g/mol. The molecule has 1 N–H and O–H groups in total. The van der Waals surface area contributed by atoms with Gasteiger partial charge in [0.15, 0.2) is 0 Å². The first-order valence-corrected chi connectivity index (χ1v) is 12.6. The molecule has 35 heavy (non-hydrogen) atoms. The molecule has 3 rings (SSSR count). The maximum atomic E-state index is 10.8. The molecule has 2 atom stereocenters. The van der Waals surface area contributed by atoms with Gasteiger partial charge in [-0.3, -0.25) is 4.90 Å². The number of hydrogen-bond acceptors (Lipinski definition) is 5. The number of hydrogen-bond donors (Lipinski definition) is 1. The highest BCUT2D eigenvalue weighted by molar-refractivity contribution is 5.65. The van der Waals surface area contributed by atoms with Crippen molar-refractivity contribution in [3.05, 3.63) is 65.7 Å². The van der Waals surface area contributed by atoms with Crippen LogP contribution in [0.25, 0.3) is 11.3 Å². The van der Waals surface area contributed by atoms with Crippen molar-refractivity contribution in [1.82, 2.24) is 14.7 Å². The highest BCUT2D eigenvalue weighted by Crippen LogP contribution is 2.34. The standard InChI is InChI=1S/C29H41N3O3/c1-7-23(5)32(17-25(33)20-34-19-21(2)3)18-27-28(24-11-9-8-10-12-24)30-31(6)29(27)35-26-15-13-22(4)14-16-26/h8-16,21,23,25,33H,7,17-20H2,1-6H3/t23-,25+/m0/s1. The van der Waals surface area contributed by atoms with Gasteiger partial charge in [0.25, 0.3) is 0 Å². The second-order valence-corrected chi connectivity index (χ2v) is 9.81. The first-order chi connectivity index (χ1) is 16.8. The minimum atomic E-state index is -0.568. The Labute approximate surface area is 210 Å². The summed E-state index contributed by atoms with van der Waals surface area (Å²) in [6.45, 7) is 12.8. The molecule has 0 saturated carbocycles. The Bertz CT molecular complexity index is 1030. The minimum absolute atomic E-state index is 0.269. The number of benzene rings is 2. The summed E-state index contributed by atoms with van der Waals surface area (Å²) >= 11 is 0. The number of aliphatic hydroxyl groups is 1. The van der Waals surface area contributed by atoms with Gasteiger partial charge in [0, 0.05) is 38.3 Å². The van der Waals surface area contributed by atoms with Crippen LogP contribution in [0.2, 0.25) is 0 Å². The fourth-order valence-corrected chi connectivity index (χ4v) is 3.99. The molecule has 0 aliphatic rings. The molecule has 0 spiro atoms. The minimum Gasteiger partial charge on any atom is -0.439 e. The van der Waals surface area contributed by atoms with Crippen LogP contribution in [0.3, 0.4) is 0 Å². The van der Waals surface area contributed by atoms with Crippen LogP contribution < -0.4 is 4.74 Å². The SMILES string of the molecule is CC[C@H](C)N(Cc1c(-c2ccccc2)nn(C)c1Oc1ccc(C)cc1)C[C@@H](O)COCC(C)C. The molecule has 0 unspecified atom stereocenters. The third kappa shape index (κ3) is 7.66. The van der Waals surface area contributed by atoms with Crippen LogP contribution in [0.1, 0.15) is 45.2 Å². The summed E-state index contributed by atoms with van der Waals surface area (Å²) in [7, 11) is 1.92. The molecule has 0 bridgehead atoms. The van der Waals surface area contributed by atoms with Gasteiger partial charge in [-0.2, -0.15) is 5.10 Å². The molecule has 0 saturated heterocycles. The third-order valence-corrected chi connectivity index (χ3v) is 6.15. The van der Waals surface area contributed by atoms with E-state index in [1.807, 2.05) is 54.2 Å². The average Bonchev–Trinajstić information content (AvgIpc) is 3.14. The molecule has 6 heteroatoms. The van der Waals surface area contributed by atoms with E-state index in [9.17, 15) is 5.11 Å².